The molecule has 1 heterocycles. The average Bonchev–Trinajstić information content (AvgIpc) is 2.73. The van der Waals surface area contributed by atoms with Crippen molar-refractivity contribution in [3.63, 3.8) is 0 Å². The monoisotopic (exact) mass is 271 g/mol. The molecule has 0 aliphatic rings. The Morgan fingerprint density at radius 3 is 2.47 bits per heavy atom. The van der Waals surface area contributed by atoms with Crippen LogP contribution in [0.5, 0.6) is 0 Å². The largest absolute Gasteiger partial charge is 0.340 e. The van der Waals surface area contributed by atoms with Crippen molar-refractivity contribution in [1.82, 2.24) is 4.57 Å². The van der Waals surface area contributed by atoms with E-state index in [1.54, 1.807) is 0 Å². The highest BCUT2D eigenvalue weighted by Crippen LogP contribution is 2.30. The Morgan fingerprint density at radius 2 is 1.74 bits per heavy atom. The molecule has 3 aromatic rings. The summed E-state index contributed by atoms with van der Waals surface area (Å²) in [6.45, 7) is 5.56. The van der Waals surface area contributed by atoms with Crippen LogP contribution in [0.4, 0.5) is 0 Å². The normalized spacial score (nSPS) is 11.8. The van der Waals surface area contributed by atoms with Crippen molar-refractivity contribution in [2.75, 3.05) is 0 Å². The van der Waals surface area contributed by atoms with Crippen LogP contribution in [0.1, 0.15) is 19.4 Å². The van der Waals surface area contributed by atoms with Crippen LogP contribution < -0.4 is 0 Å². The molecule has 2 heteroatoms. The van der Waals surface area contributed by atoms with E-state index in [1.807, 2.05) is 0 Å². The van der Waals surface area contributed by atoms with E-state index in [9.17, 15) is 0 Å². The lowest BCUT2D eigenvalue weighted by Crippen LogP contribution is -2.03. The van der Waals surface area contributed by atoms with Crippen molar-refractivity contribution in [1.29, 1.82) is 0 Å². The highest BCUT2D eigenvalue weighted by Gasteiger charge is 2.11. The smallest absolute Gasteiger partial charge is 0.0491 e. The van der Waals surface area contributed by atoms with Gasteiger partial charge in [0.25, 0.3) is 0 Å². The van der Waals surface area contributed by atoms with Gasteiger partial charge in [-0.1, -0.05) is 38.1 Å². The summed E-state index contributed by atoms with van der Waals surface area (Å²) in [7, 11) is 0. The van der Waals surface area contributed by atoms with Crippen molar-refractivity contribution in [3.8, 4) is 0 Å². The first-order valence-electron chi connectivity index (χ1n) is 6.76. The number of alkyl halides is 1. The predicted molar refractivity (Wildman–Crippen MR) is 83.8 cm³/mol. The van der Waals surface area contributed by atoms with Crippen LogP contribution in [0.3, 0.4) is 0 Å². The Balaban J connectivity index is 2.37. The summed E-state index contributed by atoms with van der Waals surface area (Å²) >= 11 is 5.96. The van der Waals surface area contributed by atoms with Crippen LogP contribution in [-0.4, -0.2) is 4.57 Å². The first kappa shape index (κ1) is 12.6. The lowest BCUT2D eigenvalue weighted by atomic mass is 10.1. The minimum absolute atomic E-state index is 0.569. The molecule has 0 atom stereocenters. The summed E-state index contributed by atoms with van der Waals surface area (Å²) < 4.78 is 2.42. The van der Waals surface area contributed by atoms with Gasteiger partial charge in [-0.3, -0.25) is 0 Å². The second kappa shape index (κ2) is 4.90. The Kier molecular flexibility index (Phi) is 3.24. The van der Waals surface area contributed by atoms with Crippen LogP contribution in [-0.2, 0) is 12.4 Å². The van der Waals surface area contributed by atoms with Gasteiger partial charge < -0.3 is 4.57 Å². The summed E-state index contributed by atoms with van der Waals surface area (Å²) in [5.74, 6) is 1.20. The van der Waals surface area contributed by atoms with Crippen molar-refractivity contribution in [2.24, 2.45) is 5.92 Å². The molecule has 0 spiro atoms. The van der Waals surface area contributed by atoms with Crippen LogP contribution in [0.25, 0.3) is 21.8 Å². The standard InChI is InChI=1S/C17H18ClN/c1-12(2)11-19-16-6-4-3-5-14(16)15-9-13(10-18)7-8-17(15)19/h3-9,12H,10-11H2,1-2H3. The average molecular weight is 272 g/mol. The highest BCUT2D eigenvalue weighted by atomic mass is 35.5. The van der Waals surface area contributed by atoms with Gasteiger partial charge in [-0.2, -0.15) is 0 Å². The molecule has 1 nitrogen and oxygen atoms in total. The Morgan fingerprint density at radius 1 is 1.00 bits per heavy atom. The van der Waals surface area contributed by atoms with Gasteiger partial charge in [-0.05, 0) is 29.7 Å². The number of hydrogen-bond donors (Lipinski definition) is 0. The molecular weight excluding hydrogens is 254 g/mol. The zero-order valence-corrected chi connectivity index (χ0v) is 12.1. The first-order chi connectivity index (χ1) is 9.20. The molecule has 2 aromatic carbocycles. The fourth-order valence-electron chi connectivity index (χ4n) is 2.75. The van der Waals surface area contributed by atoms with E-state index in [-0.39, 0.29) is 0 Å². The number of halogens is 1. The Labute approximate surface area is 118 Å². The van der Waals surface area contributed by atoms with Gasteiger partial charge in [0, 0.05) is 34.2 Å². The van der Waals surface area contributed by atoms with Crippen molar-refractivity contribution in [2.45, 2.75) is 26.3 Å². The van der Waals surface area contributed by atoms with E-state index in [1.165, 1.54) is 27.4 Å². The van der Waals surface area contributed by atoms with Crippen molar-refractivity contribution in [3.05, 3.63) is 48.0 Å². The third-order valence-electron chi connectivity index (χ3n) is 3.54. The van der Waals surface area contributed by atoms with E-state index in [4.69, 9.17) is 11.6 Å². The summed E-state index contributed by atoms with van der Waals surface area (Å²) in [4.78, 5) is 0. The molecule has 0 amide bonds. The van der Waals surface area contributed by atoms with E-state index in [0.29, 0.717) is 11.8 Å². The number of rotatable bonds is 3. The quantitative estimate of drug-likeness (QED) is 0.578. The molecule has 0 saturated heterocycles. The van der Waals surface area contributed by atoms with Gasteiger partial charge in [0.15, 0.2) is 0 Å². The maximum absolute atomic E-state index is 5.96. The van der Waals surface area contributed by atoms with Gasteiger partial charge in [0.05, 0.1) is 0 Å². The molecule has 98 valence electrons. The van der Waals surface area contributed by atoms with Gasteiger partial charge >= 0.3 is 0 Å². The van der Waals surface area contributed by atoms with Gasteiger partial charge in [0.2, 0.25) is 0 Å². The molecule has 0 aliphatic heterocycles. The van der Waals surface area contributed by atoms with Crippen LogP contribution in [0.15, 0.2) is 42.5 Å². The molecule has 0 saturated carbocycles. The second-order valence-corrected chi connectivity index (χ2v) is 5.77. The molecular formula is C17H18ClN. The second-order valence-electron chi connectivity index (χ2n) is 5.51. The lowest BCUT2D eigenvalue weighted by molar-refractivity contribution is 0.545. The molecule has 0 radical (unpaired) electrons. The lowest BCUT2D eigenvalue weighted by Gasteiger charge is -2.10. The Hall–Kier alpha value is -1.47. The summed E-state index contributed by atoms with van der Waals surface area (Å²) in [6, 6.07) is 15.2. The molecule has 0 fully saturated rings. The molecule has 0 bridgehead atoms. The molecule has 19 heavy (non-hydrogen) atoms. The third kappa shape index (κ3) is 2.12. The maximum atomic E-state index is 5.96. The zero-order chi connectivity index (χ0) is 13.4. The van der Waals surface area contributed by atoms with Crippen molar-refractivity contribution < 1.29 is 0 Å². The molecule has 1 aromatic heterocycles. The molecule has 0 aliphatic carbocycles. The van der Waals surface area contributed by atoms with Gasteiger partial charge in [-0.15, -0.1) is 11.6 Å². The van der Waals surface area contributed by atoms with Crippen LogP contribution in [0, 0.1) is 5.92 Å². The molecule has 0 N–H and O–H groups in total. The van der Waals surface area contributed by atoms with E-state index in [0.717, 1.165) is 6.54 Å². The van der Waals surface area contributed by atoms with E-state index < -0.39 is 0 Å². The first-order valence-corrected chi connectivity index (χ1v) is 7.30. The van der Waals surface area contributed by atoms with E-state index >= 15 is 0 Å². The maximum Gasteiger partial charge on any atom is 0.0491 e. The minimum atomic E-state index is 0.569. The number of fused-ring (bicyclic) bond motifs is 3. The number of benzene rings is 2. The van der Waals surface area contributed by atoms with Gasteiger partial charge in [-0.25, -0.2) is 0 Å². The minimum Gasteiger partial charge on any atom is -0.340 e. The van der Waals surface area contributed by atoms with E-state index in [2.05, 4.69) is 60.9 Å². The SMILES string of the molecule is CC(C)Cn1c2ccccc2c2cc(CCl)ccc21. The molecule has 3 rings (SSSR count). The van der Waals surface area contributed by atoms with Crippen LogP contribution >= 0.6 is 11.6 Å². The topological polar surface area (TPSA) is 4.93 Å². The summed E-state index contributed by atoms with van der Waals surface area (Å²) in [5.41, 5.74) is 3.81. The number of aromatic nitrogens is 1. The van der Waals surface area contributed by atoms with Gasteiger partial charge in [0.1, 0.15) is 0 Å². The fraction of sp³-hybridized carbons (Fsp3) is 0.294. The summed E-state index contributed by atoms with van der Waals surface area (Å²) in [6.07, 6.45) is 0. The summed E-state index contributed by atoms with van der Waals surface area (Å²) in [5, 5.41) is 2.64. The fourth-order valence-corrected chi connectivity index (χ4v) is 2.91. The number of para-hydroxylation sites is 1. The van der Waals surface area contributed by atoms with Crippen LogP contribution in [0.2, 0.25) is 0 Å². The number of nitrogens with zero attached hydrogens (tertiary/aromatic N) is 1. The highest BCUT2D eigenvalue weighted by molar-refractivity contribution is 6.17. The molecule has 0 unspecified atom stereocenters. The number of hydrogen-bond acceptors (Lipinski definition) is 0. The zero-order valence-electron chi connectivity index (χ0n) is 11.4. The van der Waals surface area contributed by atoms with Crippen molar-refractivity contribution >= 4 is 33.4 Å². The Bertz CT molecular complexity index is 725. The predicted octanol–water partition coefficient (Wildman–Crippen LogP) is 5.19. The third-order valence-corrected chi connectivity index (χ3v) is 3.85.